The smallest absolute Gasteiger partial charge is 0.437 e. The van der Waals surface area contributed by atoms with Gasteiger partial charge in [-0.15, -0.1) is 4.99 Å². The topological polar surface area (TPSA) is 299 Å². The van der Waals surface area contributed by atoms with Crippen molar-refractivity contribution in [3.05, 3.63) is 213 Å². The Morgan fingerprint density at radius 2 is 0.906 bits per heavy atom. The lowest BCUT2D eigenvalue weighted by Crippen LogP contribution is -2.54. The van der Waals surface area contributed by atoms with Crippen LogP contribution in [-0.2, 0) is 77.8 Å². The Morgan fingerprint density at radius 1 is 0.528 bits per heavy atom. The minimum absolute atomic E-state index is 0.00494. The number of ether oxygens (including phenoxy) is 4. The summed E-state index contributed by atoms with van der Waals surface area (Å²) in [6, 6.07) is 49.9. The maximum absolute atomic E-state index is 13.9. The first kappa shape index (κ1) is 81.2. The van der Waals surface area contributed by atoms with Gasteiger partial charge in [-0.2, -0.15) is 0 Å². The van der Waals surface area contributed by atoms with Gasteiger partial charge < -0.3 is 40.2 Å². The van der Waals surface area contributed by atoms with E-state index in [2.05, 4.69) is 15.0 Å². The van der Waals surface area contributed by atoms with Gasteiger partial charge >= 0.3 is 24.4 Å². The van der Waals surface area contributed by atoms with Gasteiger partial charge in [-0.05, 0) is 170 Å². The van der Waals surface area contributed by atoms with E-state index in [1.54, 1.807) is 29.2 Å². The van der Waals surface area contributed by atoms with Crippen LogP contribution in [0.2, 0.25) is 10.0 Å². The van der Waals surface area contributed by atoms with E-state index in [4.69, 9.17) is 59.0 Å². The van der Waals surface area contributed by atoms with Crippen LogP contribution in [0.15, 0.2) is 175 Å². The molecule has 2 aliphatic heterocycles. The zero-order valence-electron chi connectivity index (χ0n) is 60.6. The Balaban J connectivity index is 0.000000246. The highest BCUT2D eigenvalue weighted by Crippen LogP contribution is 2.50. The summed E-state index contributed by atoms with van der Waals surface area (Å²) in [6.45, 7) is 2.69. The molecular weight excluding hydrogens is 1410 g/mol. The second-order valence-corrected chi connectivity index (χ2v) is 31.0. The predicted octanol–water partition coefficient (Wildman–Crippen LogP) is 14.7. The summed E-state index contributed by atoms with van der Waals surface area (Å²) >= 11 is 12.1. The van der Waals surface area contributed by atoms with Gasteiger partial charge in [-0.25, -0.2) is 42.1 Å². The molecule has 0 aromatic heterocycles. The molecule has 10 rings (SSSR count). The largest absolute Gasteiger partial charge is 0.444 e. The molecule has 2 heterocycles. The lowest BCUT2D eigenvalue weighted by Gasteiger charge is -2.49. The van der Waals surface area contributed by atoms with E-state index >= 15 is 0 Å². The van der Waals surface area contributed by atoms with Crippen LogP contribution in [0.1, 0.15) is 149 Å². The number of likely N-dealkylation sites (tertiary alicyclic amines) is 2. The van der Waals surface area contributed by atoms with Crippen molar-refractivity contribution in [2.24, 2.45) is 39.1 Å². The van der Waals surface area contributed by atoms with Gasteiger partial charge in [0, 0.05) is 49.3 Å². The van der Waals surface area contributed by atoms with Crippen LogP contribution < -0.4 is 21.5 Å². The first-order valence-corrected chi connectivity index (χ1v) is 39.6. The van der Waals surface area contributed by atoms with E-state index in [-0.39, 0.29) is 74.5 Å². The number of sulfonamides is 1. The Labute approximate surface area is 633 Å². The van der Waals surface area contributed by atoms with Crippen molar-refractivity contribution in [3.8, 4) is 0 Å². The number of benzene rings is 6. The van der Waals surface area contributed by atoms with E-state index in [1.165, 1.54) is 30.6 Å². The summed E-state index contributed by atoms with van der Waals surface area (Å²) in [7, 11) is -3.67. The fourth-order valence-electron chi connectivity index (χ4n) is 15.4. The Bertz CT molecular complexity index is 3930. The van der Waals surface area contributed by atoms with Crippen molar-refractivity contribution in [2.75, 3.05) is 45.5 Å². The van der Waals surface area contributed by atoms with Crippen LogP contribution in [0.5, 0.6) is 0 Å². The van der Waals surface area contributed by atoms with Gasteiger partial charge in [0.2, 0.25) is 33.8 Å². The van der Waals surface area contributed by atoms with Gasteiger partial charge in [-0.1, -0.05) is 207 Å². The summed E-state index contributed by atoms with van der Waals surface area (Å²) in [5.41, 5.74) is 17.6. The van der Waals surface area contributed by atoms with Crippen LogP contribution in [-0.4, -0.2) is 134 Å². The van der Waals surface area contributed by atoms with Crippen LogP contribution in [0.3, 0.4) is 0 Å². The Morgan fingerprint density at radius 3 is 1.33 bits per heavy atom. The lowest BCUT2D eigenvalue weighted by atomic mass is 9.61. The molecule has 6 amide bonds. The molecular formula is C81H102Cl2N10O12S. The summed E-state index contributed by atoms with van der Waals surface area (Å²) < 4.78 is 49.1. The van der Waals surface area contributed by atoms with Gasteiger partial charge in [0.05, 0.1) is 12.3 Å². The number of rotatable bonds is 26. The fourth-order valence-corrected chi connectivity index (χ4v) is 16.4. The molecule has 2 saturated carbocycles. The number of hydrogen-bond acceptors (Lipinski definition) is 14. The molecule has 0 spiro atoms. The highest BCUT2D eigenvalue weighted by Gasteiger charge is 2.45. The third kappa shape index (κ3) is 25.4. The first-order valence-electron chi connectivity index (χ1n) is 37.0. The second kappa shape index (κ2) is 40.7. The normalized spacial score (nSPS) is 16.7. The predicted molar refractivity (Wildman–Crippen MR) is 411 cm³/mol. The van der Waals surface area contributed by atoms with E-state index in [9.17, 15) is 37.2 Å². The summed E-state index contributed by atoms with van der Waals surface area (Å²) in [6.07, 6.45) is 16.0. The summed E-state index contributed by atoms with van der Waals surface area (Å²) in [5, 5.41) is 12.3. The molecule has 2 atom stereocenters. The number of halogens is 2. The van der Waals surface area contributed by atoms with Gasteiger partial charge in [-0.3, -0.25) is 20.3 Å². The quantitative estimate of drug-likeness (QED) is 0.0192. The number of nitrogens with two attached hydrogens (primary N) is 2. The average Bonchev–Trinajstić information content (AvgIpc) is 0.797. The first-order chi connectivity index (χ1) is 51.1. The molecule has 0 bridgehead atoms. The highest BCUT2D eigenvalue weighted by molar-refractivity contribution is 7.88. The van der Waals surface area contributed by atoms with Crippen molar-refractivity contribution in [2.45, 2.75) is 167 Å². The standard InChI is InChI=1S/C41H52ClN5O7S.C40H50ClN5O5/c1-55(51,52)45-36(28-31-18-20-35(42)21-19-31)37(48)46-26-23-41(24-27-46,34-16-9-4-10-17-34)22-11-25-47(40(50)54-30-33-14-7-3-8-15-33)38(43)44-39(49)53-29-32-12-5-2-6-13-32;41-34-19-17-30(18-20-34)27-35(42)36(47)45-25-22-40(23-26-45,33-15-8-3-9-16-33)21-10-24-46(39(49)51-29-32-13-6-2-7-14-32)37(43)44-38(48)50-28-31-11-4-1-5-12-31/h2-3,5-8,12-15,18-21,34,36,45H,4,9-11,16-17,22-30H2,1H3,(H2,43,44,49);1-2,4-7,11-14,17-20,33,35H,3,8-10,15-16,21-29,42H2,(H2,43,44,48)/t36-;35-/m11/s1. The van der Waals surface area contributed by atoms with Crippen LogP contribution in [0.4, 0.5) is 19.2 Å². The summed E-state index contributed by atoms with van der Waals surface area (Å²) in [5.74, 6) is -0.0344. The van der Waals surface area contributed by atoms with Crippen LogP contribution in [0, 0.1) is 28.1 Å². The number of nitrogens with zero attached hydrogens (tertiary/aromatic N) is 5. The van der Waals surface area contributed by atoms with Crippen molar-refractivity contribution in [1.82, 2.24) is 29.6 Å². The SMILES string of the molecule is CS(=O)(=O)N[C@H](Cc1ccc(Cl)cc1)C(=O)N1CCC(CCCN(C(=N)NC(=O)OCc2ccccc2)C(=O)OCc2ccccc2)(C2CCCCC2)CC1.NC(=NC(=O)OCc1ccccc1)N(CCCC1(C2CCCCC2)CCN(C(=O)[C@H](N)Cc2ccc(Cl)cc2)CC1)C(=O)OCc1ccccc1. The minimum Gasteiger partial charge on any atom is -0.444 e. The average molecular weight is 1510 g/mol. The Kier molecular flexibility index (Phi) is 31.2. The van der Waals surface area contributed by atoms with Crippen molar-refractivity contribution >= 4 is 81.3 Å². The monoisotopic (exact) mass is 1510 g/mol. The molecule has 568 valence electrons. The molecule has 6 aromatic rings. The molecule has 7 N–H and O–H groups in total. The third-order valence-corrected chi connectivity index (χ3v) is 22.3. The van der Waals surface area contributed by atoms with Crippen molar-refractivity contribution in [1.29, 1.82) is 5.41 Å². The number of carbonyl (C=O) groups is 6. The van der Waals surface area contributed by atoms with E-state index in [0.717, 1.165) is 122 Å². The van der Waals surface area contributed by atoms with E-state index in [1.807, 2.05) is 150 Å². The lowest BCUT2D eigenvalue weighted by molar-refractivity contribution is -0.137. The number of hydrogen-bond donors (Lipinski definition) is 5. The van der Waals surface area contributed by atoms with Gasteiger partial charge in [0.15, 0.2) is 0 Å². The van der Waals surface area contributed by atoms with Crippen LogP contribution in [0.25, 0.3) is 0 Å². The van der Waals surface area contributed by atoms with Crippen molar-refractivity contribution in [3.63, 3.8) is 0 Å². The second-order valence-electron chi connectivity index (χ2n) is 28.4. The Hall–Kier alpha value is -8.87. The zero-order chi connectivity index (χ0) is 75.3. The molecule has 2 aliphatic carbocycles. The molecule has 106 heavy (non-hydrogen) atoms. The van der Waals surface area contributed by atoms with E-state index < -0.39 is 52.4 Å². The molecule has 2 saturated heterocycles. The highest BCUT2D eigenvalue weighted by atomic mass is 35.5. The molecule has 4 fully saturated rings. The number of aliphatic imine (C=N–C) groups is 1. The maximum atomic E-state index is 13.9. The number of amides is 6. The minimum atomic E-state index is -3.67. The molecule has 6 aromatic carbocycles. The number of guanidine groups is 2. The fraction of sp³-hybridized carbons (Fsp3) is 0.457. The molecule has 0 unspecified atom stereocenters. The van der Waals surface area contributed by atoms with Crippen molar-refractivity contribution < 1.29 is 56.1 Å². The molecule has 4 aliphatic rings. The maximum Gasteiger partial charge on any atom is 0.437 e. The zero-order valence-corrected chi connectivity index (χ0v) is 63.0. The number of nitrogens with one attached hydrogen (secondary N) is 3. The number of carbonyl (C=O) groups excluding carboxylic acids is 6. The van der Waals surface area contributed by atoms with E-state index in [0.29, 0.717) is 67.3 Å². The summed E-state index contributed by atoms with van der Waals surface area (Å²) in [4.78, 5) is 89.6. The number of alkyl carbamates (subject to hydrolysis) is 1. The van der Waals surface area contributed by atoms with Crippen LogP contribution >= 0.6 is 23.2 Å². The van der Waals surface area contributed by atoms with Gasteiger partial charge in [0.1, 0.15) is 32.5 Å². The molecule has 25 heteroatoms. The molecule has 22 nitrogen and oxygen atoms in total. The molecule has 0 radical (unpaired) electrons. The van der Waals surface area contributed by atoms with Gasteiger partial charge in [0.25, 0.3) is 0 Å². The number of piperidine rings is 2. The third-order valence-electron chi connectivity index (χ3n) is 21.1.